The van der Waals surface area contributed by atoms with Crippen LogP contribution in [0.2, 0.25) is 0 Å². The van der Waals surface area contributed by atoms with E-state index in [-0.39, 0.29) is 36.2 Å². The molecule has 0 fully saturated rings. The number of carbonyl (C=O) groups is 1. The van der Waals surface area contributed by atoms with Crippen molar-refractivity contribution in [2.75, 3.05) is 25.2 Å². The van der Waals surface area contributed by atoms with Gasteiger partial charge in [-0.25, -0.2) is 27.1 Å². The second-order valence-corrected chi connectivity index (χ2v) is 10.0. The number of benzene rings is 1. The van der Waals surface area contributed by atoms with Gasteiger partial charge in [-0.2, -0.15) is 5.10 Å². The fourth-order valence-electron chi connectivity index (χ4n) is 3.15. The molecular weight excluding hydrogens is 477 g/mol. The first-order valence-electron chi connectivity index (χ1n) is 10.5. The van der Waals surface area contributed by atoms with E-state index >= 15 is 0 Å². The first kappa shape index (κ1) is 24.2. The number of nitrogens with one attached hydrogen (secondary N) is 1. The van der Waals surface area contributed by atoms with Gasteiger partial charge in [-0.1, -0.05) is 23.4 Å². The van der Waals surface area contributed by atoms with Crippen LogP contribution in [0, 0.1) is 5.82 Å². The van der Waals surface area contributed by atoms with Crippen molar-refractivity contribution in [1.82, 2.24) is 29.2 Å². The van der Waals surface area contributed by atoms with Crippen LogP contribution in [0.3, 0.4) is 0 Å². The SMILES string of the molecule is CN(C)S(=O)(=O)CCC(=O)Nc1ccnc(-c2cc(-c3ccon3)n(Cc3ccccc3F)n2)n1. The summed E-state index contributed by atoms with van der Waals surface area (Å²) in [6, 6.07) is 11.2. The molecule has 0 aliphatic heterocycles. The first-order chi connectivity index (χ1) is 16.7. The van der Waals surface area contributed by atoms with Crippen LogP contribution < -0.4 is 5.32 Å². The fourth-order valence-corrected chi connectivity index (χ4v) is 3.96. The number of anilines is 1. The average Bonchev–Trinajstić information content (AvgIpc) is 3.49. The van der Waals surface area contributed by atoms with Crippen LogP contribution in [-0.4, -0.2) is 63.4 Å². The van der Waals surface area contributed by atoms with Crippen LogP contribution in [0.15, 0.2) is 59.4 Å². The van der Waals surface area contributed by atoms with Crippen molar-refractivity contribution in [2.24, 2.45) is 0 Å². The maximum Gasteiger partial charge on any atom is 0.226 e. The molecular formula is C22H22FN7O4S. The Morgan fingerprint density at radius 2 is 1.97 bits per heavy atom. The van der Waals surface area contributed by atoms with Crippen molar-refractivity contribution in [2.45, 2.75) is 13.0 Å². The molecule has 3 aromatic heterocycles. The molecule has 3 heterocycles. The Hall–Kier alpha value is -3.97. The molecule has 4 aromatic rings. The Morgan fingerprint density at radius 1 is 1.17 bits per heavy atom. The number of rotatable bonds is 9. The zero-order valence-corrected chi connectivity index (χ0v) is 19.7. The maximum absolute atomic E-state index is 14.3. The lowest BCUT2D eigenvalue weighted by Gasteiger charge is -2.10. The van der Waals surface area contributed by atoms with E-state index in [2.05, 4.69) is 25.5 Å². The van der Waals surface area contributed by atoms with Gasteiger partial charge >= 0.3 is 0 Å². The molecule has 13 heteroatoms. The van der Waals surface area contributed by atoms with Crippen molar-refractivity contribution < 1.29 is 22.1 Å². The number of amides is 1. The Morgan fingerprint density at radius 3 is 2.69 bits per heavy atom. The summed E-state index contributed by atoms with van der Waals surface area (Å²) in [5.41, 5.74) is 1.85. The van der Waals surface area contributed by atoms with Gasteiger partial charge in [-0.15, -0.1) is 0 Å². The summed E-state index contributed by atoms with van der Waals surface area (Å²) in [4.78, 5) is 20.8. The zero-order chi connectivity index (χ0) is 25.0. The highest BCUT2D eigenvalue weighted by Gasteiger charge is 2.19. The second-order valence-electron chi connectivity index (χ2n) is 7.71. The summed E-state index contributed by atoms with van der Waals surface area (Å²) < 4.78 is 45.6. The van der Waals surface area contributed by atoms with Crippen molar-refractivity contribution >= 4 is 21.7 Å². The molecule has 0 spiro atoms. The van der Waals surface area contributed by atoms with Gasteiger partial charge in [0.1, 0.15) is 29.3 Å². The van der Waals surface area contributed by atoms with E-state index in [4.69, 9.17) is 4.52 Å². The summed E-state index contributed by atoms with van der Waals surface area (Å²) in [5.74, 6) is -0.804. The summed E-state index contributed by atoms with van der Waals surface area (Å²) in [6.07, 6.45) is 2.63. The van der Waals surface area contributed by atoms with Crippen LogP contribution in [0.5, 0.6) is 0 Å². The Kier molecular flexibility index (Phi) is 6.98. The van der Waals surface area contributed by atoms with Crippen LogP contribution >= 0.6 is 0 Å². The quantitative estimate of drug-likeness (QED) is 0.371. The Balaban J connectivity index is 1.58. The Labute approximate surface area is 200 Å². The highest BCUT2D eigenvalue weighted by Crippen LogP contribution is 2.25. The van der Waals surface area contributed by atoms with Crippen LogP contribution in [0.25, 0.3) is 22.9 Å². The average molecular weight is 500 g/mol. The summed E-state index contributed by atoms with van der Waals surface area (Å²) >= 11 is 0. The van der Waals surface area contributed by atoms with E-state index in [9.17, 15) is 17.6 Å². The lowest BCUT2D eigenvalue weighted by molar-refractivity contribution is -0.115. The van der Waals surface area contributed by atoms with Crippen LogP contribution in [0.1, 0.15) is 12.0 Å². The second kappa shape index (κ2) is 10.1. The fraction of sp³-hybridized carbons (Fsp3) is 0.227. The Bertz CT molecular complexity index is 1440. The predicted molar refractivity (Wildman–Crippen MR) is 125 cm³/mol. The highest BCUT2D eigenvalue weighted by atomic mass is 32.2. The molecule has 1 N–H and O–H groups in total. The number of halogens is 1. The van der Waals surface area contributed by atoms with Gasteiger partial charge in [-0.3, -0.25) is 9.48 Å². The van der Waals surface area contributed by atoms with Crippen molar-refractivity contribution in [3.05, 3.63) is 66.3 Å². The van der Waals surface area contributed by atoms with E-state index in [1.807, 2.05) is 0 Å². The van der Waals surface area contributed by atoms with Gasteiger partial charge in [0.05, 0.1) is 18.0 Å². The van der Waals surface area contributed by atoms with Crippen LogP contribution in [-0.2, 0) is 21.4 Å². The van der Waals surface area contributed by atoms with E-state index < -0.39 is 15.9 Å². The molecule has 0 saturated carbocycles. The first-order valence-corrected chi connectivity index (χ1v) is 12.1. The number of hydrogen-bond donors (Lipinski definition) is 1. The zero-order valence-electron chi connectivity index (χ0n) is 18.9. The molecule has 1 aromatic carbocycles. The molecule has 182 valence electrons. The minimum Gasteiger partial charge on any atom is -0.364 e. The standard InChI is InChI=1S/C22H22FN7O4S/c1-29(2)35(32,33)12-9-21(31)25-20-7-10-24-22(26-20)18-13-19(17-8-11-34-28-17)30(27-18)14-15-5-3-4-6-16(15)23/h3-8,10-11,13H,9,12,14H2,1-2H3,(H,24,25,26,31). The summed E-state index contributed by atoms with van der Waals surface area (Å²) in [5, 5.41) is 11.1. The lowest BCUT2D eigenvalue weighted by atomic mass is 10.2. The minimum absolute atomic E-state index is 0.131. The molecule has 0 aliphatic rings. The topological polar surface area (TPSA) is 136 Å². The molecule has 0 saturated heterocycles. The number of hydrogen-bond acceptors (Lipinski definition) is 8. The smallest absolute Gasteiger partial charge is 0.226 e. The third-order valence-electron chi connectivity index (χ3n) is 5.05. The van der Waals surface area contributed by atoms with Crippen molar-refractivity contribution in [3.8, 4) is 22.9 Å². The van der Waals surface area contributed by atoms with Gasteiger partial charge in [-0.05, 0) is 18.2 Å². The van der Waals surface area contributed by atoms with Gasteiger partial charge in [0.15, 0.2) is 5.82 Å². The molecule has 11 nitrogen and oxygen atoms in total. The van der Waals surface area contributed by atoms with E-state index in [1.54, 1.807) is 35.0 Å². The van der Waals surface area contributed by atoms with Gasteiger partial charge < -0.3 is 9.84 Å². The maximum atomic E-state index is 14.3. The van der Waals surface area contributed by atoms with Gasteiger partial charge in [0, 0.05) is 38.3 Å². The molecule has 0 aliphatic carbocycles. The summed E-state index contributed by atoms with van der Waals surface area (Å²) in [6.45, 7) is 0.131. The number of aromatic nitrogens is 5. The third-order valence-corrected chi connectivity index (χ3v) is 6.89. The molecule has 1 amide bonds. The minimum atomic E-state index is -3.50. The van der Waals surface area contributed by atoms with Crippen molar-refractivity contribution in [3.63, 3.8) is 0 Å². The van der Waals surface area contributed by atoms with E-state index in [0.29, 0.717) is 22.6 Å². The van der Waals surface area contributed by atoms with Gasteiger partial charge in [0.2, 0.25) is 15.9 Å². The molecule has 35 heavy (non-hydrogen) atoms. The van der Waals surface area contributed by atoms with E-state index in [0.717, 1.165) is 4.31 Å². The monoisotopic (exact) mass is 499 g/mol. The van der Waals surface area contributed by atoms with Crippen molar-refractivity contribution in [1.29, 1.82) is 0 Å². The predicted octanol–water partition coefficient (Wildman–Crippen LogP) is 2.40. The number of carbonyl (C=O) groups excluding carboxylic acids is 1. The van der Waals surface area contributed by atoms with Crippen LogP contribution in [0.4, 0.5) is 10.2 Å². The molecule has 0 atom stereocenters. The molecule has 0 bridgehead atoms. The van der Waals surface area contributed by atoms with Gasteiger partial charge in [0.25, 0.3) is 0 Å². The van der Waals surface area contributed by atoms with E-state index in [1.165, 1.54) is 38.7 Å². The third kappa shape index (κ3) is 5.75. The number of sulfonamides is 1. The number of nitrogens with zero attached hydrogens (tertiary/aromatic N) is 6. The molecule has 4 rings (SSSR count). The molecule has 0 radical (unpaired) electrons. The lowest BCUT2D eigenvalue weighted by Crippen LogP contribution is -2.27. The highest BCUT2D eigenvalue weighted by molar-refractivity contribution is 7.89. The normalized spacial score (nSPS) is 11.7. The summed E-state index contributed by atoms with van der Waals surface area (Å²) in [7, 11) is -0.692. The molecule has 0 unspecified atom stereocenters. The largest absolute Gasteiger partial charge is 0.364 e.